The molecule has 1 saturated heterocycles. The molecule has 8 nitrogen and oxygen atoms in total. The Kier molecular flexibility index (Phi) is 5.53. The van der Waals surface area contributed by atoms with Crippen molar-refractivity contribution in [3.8, 4) is 11.5 Å². The van der Waals surface area contributed by atoms with Crippen LogP contribution < -0.4 is 15.7 Å². The van der Waals surface area contributed by atoms with Crippen molar-refractivity contribution in [2.75, 3.05) is 32.1 Å². The topological polar surface area (TPSA) is 85.7 Å². The number of benzene rings is 1. The number of unbranched alkanes of at least 4 members (excludes halogenated alkanes) is 1. The molecule has 0 radical (unpaired) electrons. The molecule has 4 rings (SSSR count). The van der Waals surface area contributed by atoms with Crippen LogP contribution >= 0.6 is 0 Å². The largest absolute Gasteiger partial charge is 0.465 e. The molecule has 0 atom stereocenters. The maximum atomic E-state index is 12.6. The maximum Gasteiger partial charge on any atom is 0.350 e. The summed E-state index contributed by atoms with van der Waals surface area (Å²) in [5.74, 6) is 1.01. The molecule has 2 aliphatic rings. The molecule has 29 heavy (non-hydrogen) atoms. The number of fused-ring (bicyclic) bond motifs is 2. The SMILES string of the molecule is CCCCN1CCC(n2cc3c(nc2=O)Nc2cc(C(=O)OC)ccc2O3)CC1. The summed E-state index contributed by atoms with van der Waals surface area (Å²) in [6.07, 6.45) is 6.01. The van der Waals surface area contributed by atoms with Crippen molar-refractivity contribution < 1.29 is 14.3 Å². The Morgan fingerprint density at radius 3 is 2.83 bits per heavy atom. The first-order chi connectivity index (χ1) is 14.1. The van der Waals surface area contributed by atoms with Crippen LogP contribution in [0.25, 0.3) is 0 Å². The summed E-state index contributed by atoms with van der Waals surface area (Å²) in [5, 5.41) is 3.10. The van der Waals surface area contributed by atoms with E-state index in [9.17, 15) is 9.59 Å². The Bertz CT molecular complexity index is 964. The van der Waals surface area contributed by atoms with Crippen LogP contribution in [0.3, 0.4) is 0 Å². The molecule has 1 aromatic carbocycles. The van der Waals surface area contributed by atoms with Crippen molar-refractivity contribution in [2.24, 2.45) is 0 Å². The van der Waals surface area contributed by atoms with Crippen molar-refractivity contribution >= 4 is 17.5 Å². The van der Waals surface area contributed by atoms with Gasteiger partial charge in [-0.1, -0.05) is 13.3 Å². The highest BCUT2D eigenvalue weighted by molar-refractivity contribution is 5.92. The van der Waals surface area contributed by atoms with E-state index in [4.69, 9.17) is 9.47 Å². The molecule has 1 N–H and O–H groups in total. The van der Waals surface area contributed by atoms with Crippen LogP contribution in [0.4, 0.5) is 11.5 Å². The third kappa shape index (κ3) is 3.98. The summed E-state index contributed by atoms with van der Waals surface area (Å²) in [7, 11) is 1.33. The standard InChI is InChI=1S/C21H26N4O4/c1-3-4-9-24-10-7-15(8-11-24)25-13-18-19(23-21(25)27)22-16-12-14(20(26)28-2)5-6-17(16)29-18/h5-6,12-13,15H,3-4,7-11H2,1-2H3,(H,22,23,27). The molecule has 0 spiro atoms. The fraction of sp³-hybridized carbons (Fsp3) is 0.476. The van der Waals surface area contributed by atoms with E-state index < -0.39 is 5.97 Å². The quantitative estimate of drug-likeness (QED) is 0.660. The normalized spacial score (nSPS) is 16.3. The molecule has 2 aliphatic heterocycles. The van der Waals surface area contributed by atoms with Gasteiger partial charge in [-0.3, -0.25) is 4.57 Å². The summed E-state index contributed by atoms with van der Waals surface area (Å²) in [5.41, 5.74) is 0.683. The second kappa shape index (κ2) is 8.24. The van der Waals surface area contributed by atoms with Gasteiger partial charge in [0.2, 0.25) is 0 Å². The minimum Gasteiger partial charge on any atom is -0.465 e. The van der Waals surface area contributed by atoms with Gasteiger partial charge in [0.05, 0.1) is 24.6 Å². The molecule has 1 aromatic heterocycles. The van der Waals surface area contributed by atoms with Gasteiger partial charge in [-0.25, -0.2) is 9.59 Å². The Morgan fingerprint density at radius 2 is 2.10 bits per heavy atom. The first-order valence-corrected chi connectivity index (χ1v) is 10.1. The van der Waals surface area contributed by atoms with E-state index in [2.05, 4.69) is 22.1 Å². The monoisotopic (exact) mass is 398 g/mol. The molecule has 0 amide bonds. The van der Waals surface area contributed by atoms with Crippen LogP contribution in [0.5, 0.6) is 11.5 Å². The first-order valence-electron chi connectivity index (χ1n) is 10.1. The van der Waals surface area contributed by atoms with E-state index in [1.54, 1.807) is 29.0 Å². The third-order valence-corrected chi connectivity index (χ3v) is 5.57. The second-order valence-corrected chi connectivity index (χ2v) is 7.50. The van der Waals surface area contributed by atoms with Gasteiger partial charge in [0.25, 0.3) is 0 Å². The number of aromatic nitrogens is 2. The minimum absolute atomic E-state index is 0.130. The molecular weight excluding hydrogens is 372 g/mol. The number of likely N-dealkylation sites (tertiary alicyclic amines) is 1. The lowest BCUT2D eigenvalue weighted by Gasteiger charge is -2.33. The zero-order chi connectivity index (χ0) is 20.4. The van der Waals surface area contributed by atoms with Crippen LogP contribution in [0.2, 0.25) is 0 Å². The summed E-state index contributed by atoms with van der Waals surface area (Å²) < 4.78 is 12.4. The predicted molar refractivity (Wildman–Crippen MR) is 109 cm³/mol. The smallest absolute Gasteiger partial charge is 0.350 e. The Labute approximate surface area is 169 Å². The van der Waals surface area contributed by atoms with Crippen molar-refractivity contribution in [3.05, 3.63) is 40.4 Å². The lowest BCUT2D eigenvalue weighted by molar-refractivity contribution is 0.0601. The minimum atomic E-state index is -0.436. The van der Waals surface area contributed by atoms with E-state index >= 15 is 0 Å². The first kappa shape index (κ1) is 19.4. The number of nitrogens with one attached hydrogen (secondary N) is 1. The summed E-state index contributed by atoms with van der Waals surface area (Å²) in [6, 6.07) is 5.11. The zero-order valence-corrected chi connectivity index (χ0v) is 16.8. The number of nitrogens with zero attached hydrogens (tertiary/aromatic N) is 3. The highest BCUT2D eigenvalue weighted by Crippen LogP contribution is 2.41. The zero-order valence-electron chi connectivity index (χ0n) is 16.8. The van der Waals surface area contributed by atoms with Gasteiger partial charge in [0.15, 0.2) is 17.3 Å². The van der Waals surface area contributed by atoms with E-state index in [0.717, 1.165) is 32.5 Å². The van der Waals surface area contributed by atoms with Crippen LogP contribution in [0.15, 0.2) is 29.2 Å². The van der Waals surface area contributed by atoms with E-state index in [1.807, 2.05) is 0 Å². The fourth-order valence-electron chi connectivity index (χ4n) is 3.89. The Morgan fingerprint density at radius 1 is 1.31 bits per heavy atom. The average Bonchev–Trinajstić information content (AvgIpc) is 2.75. The van der Waals surface area contributed by atoms with Crippen molar-refractivity contribution in [1.82, 2.24) is 14.5 Å². The van der Waals surface area contributed by atoms with E-state index in [1.165, 1.54) is 20.0 Å². The lowest BCUT2D eigenvalue weighted by Crippen LogP contribution is -2.38. The average molecular weight is 398 g/mol. The number of ether oxygens (including phenoxy) is 2. The van der Waals surface area contributed by atoms with Crippen molar-refractivity contribution in [1.29, 1.82) is 0 Å². The van der Waals surface area contributed by atoms with Crippen LogP contribution in [-0.4, -0.2) is 47.2 Å². The van der Waals surface area contributed by atoms with Gasteiger partial charge >= 0.3 is 11.7 Å². The van der Waals surface area contributed by atoms with Gasteiger partial charge in [0.1, 0.15) is 0 Å². The predicted octanol–water partition coefficient (Wildman–Crippen LogP) is 3.32. The Balaban J connectivity index is 1.52. The van der Waals surface area contributed by atoms with Gasteiger partial charge in [0, 0.05) is 19.1 Å². The van der Waals surface area contributed by atoms with Gasteiger partial charge < -0.3 is 19.7 Å². The van der Waals surface area contributed by atoms with E-state index in [-0.39, 0.29) is 11.7 Å². The van der Waals surface area contributed by atoms with Crippen LogP contribution in [0.1, 0.15) is 49.0 Å². The van der Waals surface area contributed by atoms with Gasteiger partial charge in [-0.15, -0.1) is 0 Å². The molecule has 3 heterocycles. The number of carbonyl (C=O) groups excluding carboxylic acids is 1. The van der Waals surface area contributed by atoms with Crippen LogP contribution in [-0.2, 0) is 4.74 Å². The number of hydrogen-bond donors (Lipinski definition) is 1. The molecule has 154 valence electrons. The molecule has 1 fully saturated rings. The number of hydrogen-bond acceptors (Lipinski definition) is 7. The second-order valence-electron chi connectivity index (χ2n) is 7.50. The highest BCUT2D eigenvalue weighted by atomic mass is 16.5. The molecule has 2 aromatic rings. The number of methoxy groups -OCH3 is 1. The fourth-order valence-corrected chi connectivity index (χ4v) is 3.89. The summed E-state index contributed by atoms with van der Waals surface area (Å²) in [6.45, 7) is 5.31. The number of rotatable bonds is 5. The Hall–Kier alpha value is -2.87. The molecule has 0 unspecified atom stereocenters. The third-order valence-electron chi connectivity index (χ3n) is 5.57. The molecular formula is C21H26N4O4. The summed E-state index contributed by atoms with van der Waals surface area (Å²) in [4.78, 5) is 31.0. The van der Waals surface area contributed by atoms with Gasteiger partial charge in [-0.2, -0.15) is 4.98 Å². The van der Waals surface area contributed by atoms with Crippen LogP contribution in [0, 0.1) is 0 Å². The van der Waals surface area contributed by atoms with Gasteiger partial charge in [-0.05, 0) is 44.0 Å². The number of piperidine rings is 1. The summed E-state index contributed by atoms with van der Waals surface area (Å²) >= 11 is 0. The molecule has 0 bridgehead atoms. The van der Waals surface area contributed by atoms with E-state index in [0.29, 0.717) is 28.6 Å². The highest BCUT2D eigenvalue weighted by Gasteiger charge is 2.25. The number of anilines is 2. The number of carbonyl (C=O) groups is 1. The lowest BCUT2D eigenvalue weighted by atomic mass is 10.0. The molecule has 8 heteroatoms. The maximum absolute atomic E-state index is 12.6. The van der Waals surface area contributed by atoms with Crippen molar-refractivity contribution in [2.45, 2.75) is 38.6 Å². The molecule has 0 saturated carbocycles. The molecule has 0 aliphatic carbocycles. The number of esters is 1. The van der Waals surface area contributed by atoms with Crippen molar-refractivity contribution in [3.63, 3.8) is 0 Å².